The van der Waals surface area contributed by atoms with Crippen LogP contribution in [0.5, 0.6) is 11.5 Å². The lowest BCUT2D eigenvalue weighted by Gasteiger charge is -2.35. The molecule has 4 aromatic carbocycles. The number of hydrogen-bond acceptors (Lipinski definition) is 12. The highest BCUT2D eigenvalue weighted by atomic mass is 16.6. The molecule has 0 atom stereocenters. The normalized spacial score (nSPS) is 14.9. The van der Waals surface area contributed by atoms with Gasteiger partial charge in [-0.3, -0.25) is 0 Å². The maximum Gasteiger partial charge on any atom is 0.417 e. The van der Waals surface area contributed by atoms with E-state index in [0.717, 1.165) is 99.6 Å². The Morgan fingerprint density at radius 1 is 0.515 bits per heavy atom. The Morgan fingerprint density at radius 2 is 0.939 bits per heavy atom. The van der Waals surface area contributed by atoms with E-state index >= 15 is 0 Å². The molecule has 4 heterocycles. The molecule has 12 heteroatoms. The van der Waals surface area contributed by atoms with Gasteiger partial charge in [0.1, 0.15) is 49.6 Å². The van der Waals surface area contributed by atoms with Gasteiger partial charge in [-0.2, -0.15) is 0 Å². The molecular weight excluding hydrogens is 829 g/mol. The number of pyridine rings is 2. The summed E-state index contributed by atoms with van der Waals surface area (Å²) >= 11 is 0. The molecule has 2 aromatic heterocycles. The smallest absolute Gasteiger partial charge is 0.417 e. The zero-order valence-corrected chi connectivity index (χ0v) is 38.1. The monoisotopic (exact) mass is 888 g/mol. The van der Waals surface area contributed by atoms with Gasteiger partial charge in [0.2, 0.25) is 0 Å². The van der Waals surface area contributed by atoms with Crippen LogP contribution in [0.4, 0.5) is 11.6 Å². The number of piperazine rings is 2. The molecule has 2 fully saturated rings. The minimum Gasteiger partial charge on any atom is -0.490 e. The first-order valence-electron chi connectivity index (χ1n) is 23.3. The van der Waals surface area contributed by atoms with Crippen molar-refractivity contribution < 1.29 is 28.5 Å². The van der Waals surface area contributed by atoms with Gasteiger partial charge in [-0.15, -0.1) is 0 Å². The second-order valence-electron chi connectivity index (χ2n) is 16.5. The second-order valence-corrected chi connectivity index (χ2v) is 16.5. The molecule has 12 nitrogen and oxygen atoms in total. The lowest BCUT2D eigenvalue weighted by atomic mass is 10.1. The van der Waals surface area contributed by atoms with Crippen LogP contribution in [0, 0.1) is 0 Å². The maximum absolute atomic E-state index is 12.3. The zero-order chi connectivity index (χ0) is 45.5. The maximum atomic E-state index is 12.3. The fourth-order valence-corrected chi connectivity index (χ4v) is 8.47. The van der Waals surface area contributed by atoms with E-state index in [0.29, 0.717) is 24.3 Å². The van der Waals surface area contributed by atoms with Crippen molar-refractivity contribution in [3.8, 4) is 11.5 Å². The summed E-state index contributed by atoms with van der Waals surface area (Å²) in [6, 6.07) is 36.7. The van der Waals surface area contributed by atoms with Crippen molar-refractivity contribution >= 4 is 57.3 Å². The van der Waals surface area contributed by atoms with Crippen LogP contribution in [0.3, 0.4) is 0 Å². The van der Waals surface area contributed by atoms with Gasteiger partial charge in [0.25, 0.3) is 0 Å². The molecule has 66 heavy (non-hydrogen) atoms. The molecule has 0 unspecified atom stereocenters. The van der Waals surface area contributed by atoms with Gasteiger partial charge >= 0.3 is 11.9 Å². The van der Waals surface area contributed by atoms with Crippen LogP contribution in [0.25, 0.3) is 33.7 Å². The number of ether oxygens (including phenoxy) is 4. The number of carbonyl (C=O) groups is 2. The van der Waals surface area contributed by atoms with Crippen molar-refractivity contribution in [3.05, 3.63) is 144 Å². The molecule has 0 saturated carbocycles. The number of rotatable bonds is 18. The molecule has 0 N–H and O–H groups in total. The summed E-state index contributed by atoms with van der Waals surface area (Å²) in [5.41, 5.74) is 3.97. The molecule has 2 aliphatic heterocycles. The van der Waals surface area contributed by atoms with Crippen molar-refractivity contribution in [3.63, 3.8) is 0 Å². The fourth-order valence-electron chi connectivity index (χ4n) is 8.47. The summed E-state index contributed by atoms with van der Waals surface area (Å²) in [5, 5.41) is 4.71. The number of nitrogens with zero attached hydrogens (tertiary/aromatic N) is 6. The van der Waals surface area contributed by atoms with E-state index in [9.17, 15) is 9.59 Å². The zero-order valence-electron chi connectivity index (χ0n) is 38.1. The van der Waals surface area contributed by atoms with Crippen molar-refractivity contribution in [1.29, 1.82) is 0 Å². The lowest BCUT2D eigenvalue weighted by Crippen LogP contribution is -2.46. The van der Waals surface area contributed by atoms with Gasteiger partial charge < -0.3 is 38.5 Å². The first kappa shape index (κ1) is 45.8. The third-order valence-electron chi connectivity index (χ3n) is 12.1. The summed E-state index contributed by atoms with van der Waals surface area (Å²) in [6.07, 6.45) is 9.74. The van der Waals surface area contributed by atoms with E-state index in [4.69, 9.17) is 28.9 Å². The Labute approximate surface area is 388 Å². The van der Waals surface area contributed by atoms with Crippen LogP contribution in [-0.4, -0.2) is 124 Å². The summed E-state index contributed by atoms with van der Waals surface area (Å²) in [7, 11) is 0. The first-order valence-corrected chi connectivity index (χ1v) is 23.3. The second kappa shape index (κ2) is 22.9. The van der Waals surface area contributed by atoms with Crippen LogP contribution < -0.4 is 19.3 Å². The average Bonchev–Trinajstić information content (AvgIpc) is 3.36. The number of hydrogen-bond donors (Lipinski definition) is 0. The van der Waals surface area contributed by atoms with Crippen LogP contribution in [0.1, 0.15) is 36.4 Å². The van der Waals surface area contributed by atoms with Crippen molar-refractivity contribution in [2.45, 2.75) is 26.7 Å². The predicted octanol–water partition coefficient (Wildman–Crippen LogP) is 8.12. The highest BCUT2D eigenvalue weighted by molar-refractivity contribution is 6.29. The van der Waals surface area contributed by atoms with Gasteiger partial charge in [-0.25, -0.2) is 19.6 Å². The Kier molecular flexibility index (Phi) is 15.9. The van der Waals surface area contributed by atoms with Crippen molar-refractivity contribution in [1.82, 2.24) is 19.8 Å². The highest BCUT2D eigenvalue weighted by Gasteiger charge is 2.21. The molecule has 0 amide bonds. The van der Waals surface area contributed by atoms with Gasteiger partial charge in [0.15, 0.2) is 0 Å². The minimum atomic E-state index is -1.08. The third kappa shape index (κ3) is 12.3. The van der Waals surface area contributed by atoms with E-state index in [2.05, 4.69) is 118 Å². The molecule has 0 spiro atoms. The van der Waals surface area contributed by atoms with E-state index in [1.807, 2.05) is 48.5 Å². The lowest BCUT2D eigenvalue weighted by molar-refractivity contribution is -0.168. The highest BCUT2D eigenvalue weighted by Crippen LogP contribution is 2.29. The average molecular weight is 889 g/mol. The molecule has 342 valence electrons. The molecule has 0 bridgehead atoms. The number of esters is 2. The minimum absolute atomic E-state index is 0.0831. The molecule has 0 radical (unpaired) electrons. The largest absolute Gasteiger partial charge is 0.490 e. The van der Waals surface area contributed by atoms with Gasteiger partial charge in [-0.1, -0.05) is 98.8 Å². The Hall–Kier alpha value is -6.76. The summed E-state index contributed by atoms with van der Waals surface area (Å²) in [6.45, 7) is 14.5. The predicted molar refractivity (Wildman–Crippen MR) is 263 cm³/mol. The Balaban J connectivity index is 0.740. The molecule has 8 rings (SSSR count). The van der Waals surface area contributed by atoms with Crippen molar-refractivity contribution in [2.24, 2.45) is 0 Å². The molecular formula is C54H60N6O6. The van der Waals surface area contributed by atoms with Crippen molar-refractivity contribution in [2.75, 3.05) is 102 Å². The SMILES string of the molecule is CCN1CCN(c2nc(C=CCc3cccc(OCCOC(=O)C(=O)OCCOc4cccc(CC=Cc5cc6ccccc6c(N6CCN(CC)CC6)n5)c4)c3)cc3ccccc23)CC1. The topological polar surface area (TPSA) is 110 Å². The number of aromatic nitrogens is 2. The molecule has 6 aromatic rings. The number of carbonyl (C=O) groups excluding carboxylic acids is 2. The van der Waals surface area contributed by atoms with Crippen LogP contribution in [-0.2, 0) is 31.9 Å². The Bertz CT molecular complexity index is 2450. The van der Waals surface area contributed by atoms with Gasteiger partial charge in [0.05, 0.1) is 11.4 Å². The van der Waals surface area contributed by atoms with E-state index in [1.54, 1.807) is 0 Å². The van der Waals surface area contributed by atoms with Crippen LogP contribution in [0.15, 0.2) is 121 Å². The van der Waals surface area contributed by atoms with E-state index in [1.165, 1.54) is 21.5 Å². The van der Waals surface area contributed by atoms with E-state index < -0.39 is 11.9 Å². The van der Waals surface area contributed by atoms with Gasteiger partial charge in [-0.05, 0) is 96.4 Å². The van der Waals surface area contributed by atoms with Crippen LogP contribution >= 0.6 is 0 Å². The fraction of sp³-hybridized carbons (Fsp3) is 0.333. The number of likely N-dealkylation sites (N-methyl/N-ethyl adjacent to an activating group) is 2. The Morgan fingerprint density at radius 3 is 1.36 bits per heavy atom. The summed E-state index contributed by atoms with van der Waals surface area (Å²) in [4.78, 5) is 44.6. The van der Waals surface area contributed by atoms with E-state index in [-0.39, 0.29) is 26.4 Å². The molecule has 0 aliphatic carbocycles. The summed E-state index contributed by atoms with van der Waals surface area (Å²) < 4.78 is 21.9. The number of benzene rings is 4. The number of allylic oxidation sites excluding steroid dienone is 2. The first-order chi connectivity index (χ1) is 32.4. The quantitative estimate of drug-likeness (QED) is 0.0473. The van der Waals surface area contributed by atoms with Gasteiger partial charge in [0, 0.05) is 63.1 Å². The molecule has 2 aliphatic rings. The molecule has 2 saturated heterocycles. The standard InChI is InChI=1S/C54H60N6O6/c1-3-57-25-29-59(30-26-57)51-49-23-7-5-17-43(49)39-45(55-51)19-9-13-41-15-11-21-47(37-41)63-33-35-65-53(61)54(62)66-36-34-64-48-22-12-16-42(38-48)14-10-20-46-40-44-18-6-8-24-50(44)52(56-46)60-31-27-58(4-2)28-32-60/h5-12,15-24,37-40H,3-4,13-14,25-36H2,1-2H3. The number of anilines is 2. The van der Waals surface area contributed by atoms with Crippen LogP contribution in [0.2, 0.25) is 0 Å². The number of fused-ring (bicyclic) bond motifs is 2. The third-order valence-corrected chi connectivity index (χ3v) is 12.1. The summed E-state index contributed by atoms with van der Waals surface area (Å²) in [5.74, 6) is 1.21.